The van der Waals surface area contributed by atoms with Crippen LogP contribution in [0.25, 0.3) is 0 Å². The molecule has 0 aliphatic carbocycles. The van der Waals surface area contributed by atoms with Gasteiger partial charge in [0.25, 0.3) is 0 Å². The van der Waals surface area contributed by atoms with Crippen molar-refractivity contribution in [1.82, 2.24) is 9.97 Å². The molecular formula is C9H12N4OS. The Balaban J connectivity index is 2.06. The van der Waals surface area contributed by atoms with Crippen LogP contribution >= 0.6 is 11.8 Å². The summed E-state index contributed by atoms with van der Waals surface area (Å²) in [4.78, 5) is 19.4. The molecule has 15 heavy (non-hydrogen) atoms. The number of carbonyl (C=O) groups is 1. The molecule has 1 saturated heterocycles. The van der Waals surface area contributed by atoms with Crippen LogP contribution in [0.1, 0.15) is 6.42 Å². The third-order valence-electron chi connectivity index (χ3n) is 2.18. The first-order chi connectivity index (χ1) is 7.29. The molecule has 1 fully saturated rings. The molecule has 2 rings (SSSR count). The van der Waals surface area contributed by atoms with Gasteiger partial charge in [0, 0.05) is 18.9 Å². The van der Waals surface area contributed by atoms with Crippen molar-refractivity contribution in [2.24, 2.45) is 0 Å². The Morgan fingerprint density at radius 1 is 1.47 bits per heavy atom. The molecular weight excluding hydrogens is 212 g/mol. The second-order valence-corrected chi connectivity index (χ2v) is 4.29. The minimum Gasteiger partial charge on any atom is -0.373 e. The summed E-state index contributed by atoms with van der Waals surface area (Å²) in [6.07, 6.45) is 2.34. The number of aromatic nitrogens is 2. The van der Waals surface area contributed by atoms with Crippen molar-refractivity contribution in [3.8, 4) is 0 Å². The highest BCUT2D eigenvalue weighted by Gasteiger charge is 2.25. The predicted molar refractivity (Wildman–Crippen MR) is 61.1 cm³/mol. The molecule has 2 heterocycles. The first kappa shape index (κ1) is 10.2. The fourth-order valence-electron chi connectivity index (χ4n) is 1.38. The van der Waals surface area contributed by atoms with Crippen LogP contribution in [-0.2, 0) is 4.79 Å². The Labute approximate surface area is 92.1 Å². The largest absolute Gasteiger partial charge is 0.373 e. The monoisotopic (exact) mass is 224 g/mol. The molecule has 0 spiro atoms. The van der Waals surface area contributed by atoms with E-state index in [2.05, 4.69) is 20.6 Å². The number of nitrogens with zero attached hydrogens (tertiary/aromatic N) is 2. The molecule has 1 atom stereocenters. The van der Waals surface area contributed by atoms with Gasteiger partial charge in [0.2, 0.25) is 5.12 Å². The summed E-state index contributed by atoms with van der Waals surface area (Å²) in [7, 11) is 1.79. The van der Waals surface area contributed by atoms with Crippen molar-refractivity contribution in [1.29, 1.82) is 0 Å². The lowest BCUT2D eigenvalue weighted by molar-refractivity contribution is -0.111. The van der Waals surface area contributed by atoms with E-state index in [0.717, 1.165) is 18.0 Å². The highest BCUT2D eigenvalue weighted by atomic mass is 32.2. The summed E-state index contributed by atoms with van der Waals surface area (Å²) >= 11 is 1.37. The highest BCUT2D eigenvalue weighted by Crippen LogP contribution is 2.22. The summed E-state index contributed by atoms with van der Waals surface area (Å²) in [5.74, 6) is 2.32. The summed E-state index contributed by atoms with van der Waals surface area (Å²) in [6, 6.07) is 1.69. The second-order valence-electron chi connectivity index (χ2n) is 3.19. The normalized spacial score (nSPS) is 20.3. The predicted octanol–water partition coefficient (Wildman–Crippen LogP) is 0.962. The molecule has 0 aromatic carbocycles. The van der Waals surface area contributed by atoms with Crippen molar-refractivity contribution in [2.45, 2.75) is 12.5 Å². The van der Waals surface area contributed by atoms with Gasteiger partial charge >= 0.3 is 0 Å². The Hall–Kier alpha value is -1.30. The zero-order valence-corrected chi connectivity index (χ0v) is 9.17. The van der Waals surface area contributed by atoms with Gasteiger partial charge in [-0.15, -0.1) is 0 Å². The standard InChI is InChI=1S/C9H12N4OS/c1-10-7-4-8(12-5-11-7)13-6-2-3-15-9(6)14/h4-6H,2-3H2,1H3,(H2,10,11,12,13). The quantitative estimate of drug-likeness (QED) is 0.797. The molecule has 1 aliphatic rings. The Morgan fingerprint density at radius 3 is 2.93 bits per heavy atom. The Bertz CT molecular complexity index is 371. The minimum absolute atomic E-state index is 0.102. The topological polar surface area (TPSA) is 66.9 Å². The van der Waals surface area contributed by atoms with Crippen LogP contribution in [0.15, 0.2) is 12.4 Å². The van der Waals surface area contributed by atoms with Crippen LogP contribution in [-0.4, -0.2) is 33.9 Å². The average Bonchev–Trinajstić information content (AvgIpc) is 2.65. The molecule has 2 N–H and O–H groups in total. The fraction of sp³-hybridized carbons (Fsp3) is 0.444. The molecule has 0 bridgehead atoms. The van der Waals surface area contributed by atoms with Crippen LogP contribution in [0.5, 0.6) is 0 Å². The van der Waals surface area contributed by atoms with Gasteiger partial charge in [0.15, 0.2) is 0 Å². The first-order valence-corrected chi connectivity index (χ1v) is 5.71. The van der Waals surface area contributed by atoms with Crippen molar-refractivity contribution in [2.75, 3.05) is 23.4 Å². The van der Waals surface area contributed by atoms with E-state index in [9.17, 15) is 4.79 Å². The van der Waals surface area contributed by atoms with E-state index in [0.29, 0.717) is 5.82 Å². The van der Waals surface area contributed by atoms with Gasteiger partial charge in [-0.2, -0.15) is 0 Å². The Morgan fingerprint density at radius 2 is 2.27 bits per heavy atom. The summed E-state index contributed by atoms with van der Waals surface area (Å²) < 4.78 is 0. The molecule has 1 aliphatic heterocycles. The maximum Gasteiger partial charge on any atom is 0.211 e. The maximum absolute atomic E-state index is 11.4. The van der Waals surface area contributed by atoms with E-state index < -0.39 is 0 Å². The van der Waals surface area contributed by atoms with Crippen molar-refractivity contribution in [3.05, 3.63) is 12.4 Å². The average molecular weight is 224 g/mol. The van der Waals surface area contributed by atoms with E-state index in [4.69, 9.17) is 0 Å². The molecule has 0 radical (unpaired) electrons. The molecule has 0 saturated carbocycles. The molecule has 5 nitrogen and oxygen atoms in total. The molecule has 1 aromatic heterocycles. The van der Waals surface area contributed by atoms with Gasteiger partial charge in [0.05, 0.1) is 6.04 Å². The summed E-state index contributed by atoms with van der Waals surface area (Å²) in [5, 5.41) is 6.22. The molecule has 0 amide bonds. The van der Waals surface area contributed by atoms with Gasteiger partial charge in [-0.05, 0) is 6.42 Å². The van der Waals surface area contributed by atoms with Crippen molar-refractivity contribution >= 4 is 28.5 Å². The fourth-order valence-corrected chi connectivity index (χ4v) is 2.31. The second kappa shape index (κ2) is 4.48. The zero-order chi connectivity index (χ0) is 10.7. The summed E-state index contributed by atoms with van der Waals surface area (Å²) in [5.41, 5.74) is 0. The third-order valence-corrected chi connectivity index (χ3v) is 3.19. The maximum atomic E-state index is 11.4. The zero-order valence-electron chi connectivity index (χ0n) is 8.36. The SMILES string of the molecule is CNc1cc(NC2CCSC2=O)ncn1. The van der Waals surface area contributed by atoms with Crippen LogP contribution in [0, 0.1) is 0 Å². The smallest absolute Gasteiger partial charge is 0.211 e. The van der Waals surface area contributed by atoms with Gasteiger partial charge in [0.1, 0.15) is 18.0 Å². The number of nitrogens with one attached hydrogen (secondary N) is 2. The number of thioether (sulfide) groups is 1. The molecule has 6 heteroatoms. The number of anilines is 2. The summed E-state index contributed by atoms with van der Waals surface area (Å²) in [6.45, 7) is 0. The molecule has 1 unspecified atom stereocenters. The minimum atomic E-state index is -0.102. The lowest BCUT2D eigenvalue weighted by atomic mass is 10.2. The molecule has 80 valence electrons. The van der Waals surface area contributed by atoms with E-state index in [1.165, 1.54) is 18.1 Å². The van der Waals surface area contributed by atoms with Crippen molar-refractivity contribution in [3.63, 3.8) is 0 Å². The van der Waals surface area contributed by atoms with Gasteiger partial charge < -0.3 is 10.6 Å². The number of hydrogen-bond donors (Lipinski definition) is 2. The highest BCUT2D eigenvalue weighted by molar-refractivity contribution is 8.14. The molecule has 1 aromatic rings. The van der Waals surface area contributed by atoms with Crippen molar-refractivity contribution < 1.29 is 4.79 Å². The number of rotatable bonds is 3. The third kappa shape index (κ3) is 2.38. The van der Waals surface area contributed by atoms with Crippen LogP contribution < -0.4 is 10.6 Å². The van der Waals surface area contributed by atoms with E-state index in [1.807, 2.05) is 0 Å². The number of carbonyl (C=O) groups excluding carboxylic acids is 1. The first-order valence-electron chi connectivity index (χ1n) is 4.72. The lowest BCUT2D eigenvalue weighted by Gasteiger charge is -2.10. The van der Waals surface area contributed by atoms with E-state index in [-0.39, 0.29) is 11.2 Å². The van der Waals surface area contributed by atoms with Gasteiger partial charge in [-0.3, -0.25) is 4.79 Å². The lowest BCUT2D eigenvalue weighted by Crippen LogP contribution is -2.23. The van der Waals surface area contributed by atoms with Crippen LogP contribution in [0.3, 0.4) is 0 Å². The van der Waals surface area contributed by atoms with E-state index in [1.54, 1.807) is 13.1 Å². The van der Waals surface area contributed by atoms with Crippen LogP contribution in [0.2, 0.25) is 0 Å². The Kier molecular flexibility index (Phi) is 3.05. The van der Waals surface area contributed by atoms with Crippen LogP contribution in [0.4, 0.5) is 11.6 Å². The van der Waals surface area contributed by atoms with Gasteiger partial charge in [-0.1, -0.05) is 11.8 Å². The number of hydrogen-bond acceptors (Lipinski definition) is 6. The van der Waals surface area contributed by atoms with Gasteiger partial charge in [-0.25, -0.2) is 9.97 Å². The van der Waals surface area contributed by atoms with E-state index >= 15 is 0 Å².